The number of benzene rings is 14. The van der Waals surface area contributed by atoms with Gasteiger partial charge in [0.2, 0.25) is 0 Å². The summed E-state index contributed by atoms with van der Waals surface area (Å²) in [5.74, 6) is 0. The van der Waals surface area contributed by atoms with Crippen molar-refractivity contribution in [3.05, 3.63) is 344 Å². The molecular weight excluding hydrogens is 1250 g/mol. The minimum atomic E-state index is -0.249. The summed E-state index contributed by atoms with van der Waals surface area (Å²) in [7, 11) is 0. The first-order chi connectivity index (χ1) is 50.0. The summed E-state index contributed by atoms with van der Waals surface area (Å²) in [5, 5.41) is 4.94. The van der Waals surface area contributed by atoms with Gasteiger partial charge in [0.15, 0.2) is 0 Å². The summed E-state index contributed by atoms with van der Waals surface area (Å²) in [6.45, 7) is 21.6. The van der Waals surface area contributed by atoms with Crippen molar-refractivity contribution in [1.82, 2.24) is 9.13 Å². The van der Waals surface area contributed by atoms with Gasteiger partial charge in [0.1, 0.15) is 0 Å². The fraction of sp³-hybridized carbons (Fsp3) is 0.134. The standard InChI is InChI=1S/C97H82BN5/c1-95(2,3)71-42-49-87-81(56-71)82-57-72(96(4,5)6)43-50-88(82)102(87)78-44-47-84-90(61-78)99(63-64-52-69(66-30-17-11-18-31-66)54-70(53-64)67-32-19-12-20-33-67)92-58-73(97(7,8)9)59-93-94(92)98(84)85-48-45-79(62-91(85)103(93)76-39-27-34-68(55-76)65-28-15-10-16-29-65)101-86-41-26-25-40-80(86)83-60-77(46-51-89(83)101)100(74-35-21-13-22-36-74)75-37-23-14-24-38-75/h10-62H,63H2,1-9H3. The highest BCUT2D eigenvalue weighted by molar-refractivity contribution is 7.00. The molecule has 0 saturated carbocycles. The second-order valence-corrected chi connectivity index (χ2v) is 31.4. The molecule has 14 aromatic carbocycles. The van der Waals surface area contributed by atoms with Gasteiger partial charge in [-0.1, -0.05) is 244 Å². The highest BCUT2D eigenvalue weighted by atomic mass is 15.2. The van der Waals surface area contributed by atoms with Crippen molar-refractivity contribution in [2.75, 3.05) is 14.7 Å². The molecule has 6 heteroatoms. The second kappa shape index (κ2) is 24.5. The monoisotopic (exact) mass is 1330 g/mol. The van der Waals surface area contributed by atoms with Crippen LogP contribution in [-0.4, -0.2) is 15.8 Å². The second-order valence-electron chi connectivity index (χ2n) is 31.4. The van der Waals surface area contributed by atoms with Crippen LogP contribution in [0.15, 0.2) is 322 Å². The molecule has 2 aliphatic heterocycles. The number of nitrogens with zero attached hydrogens (tertiary/aromatic N) is 5. The van der Waals surface area contributed by atoms with Crippen LogP contribution in [-0.2, 0) is 22.8 Å². The lowest BCUT2D eigenvalue weighted by molar-refractivity contribution is 0.590. The largest absolute Gasteiger partial charge is 0.338 e. The average Bonchev–Trinajstić information content (AvgIpc) is 0.855. The lowest BCUT2D eigenvalue weighted by Gasteiger charge is -2.45. The molecule has 0 unspecified atom stereocenters. The Hall–Kier alpha value is -11.9. The lowest BCUT2D eigenvalue weighted by atomic mass is 9.33. The summed E-state index contributed by atoms with van der Waals surface area (Å²) in [5.41, 5.74) is 31.8. The van der Waals surface area contributed by atoms with Gasteiger partial charge in [-0.3, -0.25) is 0 Å². The summed E-state index contributed by atoms with van der Waals surface area (Å²) < 4.78 is 5.06. The molecule has 18 rings (SSSR count). The van der Waals surface area contributed by atoms with E-state index in [1.807, 2.05) is 0 Å². The summed E-state index contributed by atoms with van der Waals surface area (Å²) in [4.78, 5) is 7.69. The van der Waals surface area contributed by atoms with Crippen LogP contribution in [0.4, 0.5) is 45.5 Å². The molecular formula is C97H82BN5. The van der Waals surface area contributed by atoms with E-state index in [0.717, 1.165) is 50.8 Å². The predicted molar refractivity (Wildman–Crippen MR) is 440 cm³/mol. The van der Waals surface area contributed by atoms with Crippen LogP contribution in [0.1, 0.15) is 84.6 Å². The minimum Gasteiger partial charge on any atom is -0.338 e. The molecule has 498 valence electrons. The van der Waals surface area contributed by atoms with E-state index in [9.17, 15) is 0 Å². The predicted octanol–water partition coefficient (Wildman–Crippen LogP) is 24.2. The number of aromatic nitrogens is 2. The number of anilines is 8. The molecule has 0 saturated heterocycles. The summed E-state index contributed by atoms with van der Waals surface area (Å²) in [6, 6.07) is 121. The fourth-order valence-electron chi connectivity index (χ4n) is 16.4. The zero-order chi connectivity index (χ0) is 70.0. The van der Waals surface area contributed by atoms with Gasteiger partial charge in [-0.15, -0.1) is 0 Å². The van der Waals surface area contributed by atoms with Crippen LogP contribution in [0.25, 0.3) is 88.4 Å². The molecule has 0 spiro atoms. The Bertz CT molecular complexity index is 5800. The fourth-order valence-corrected chi connectivity index (χ4v) is 16.4. The Morgan fingerprint density at radius 1 is 0.282 bits per heavy atom. The third kappa shape index (κ3) is 11.0. The van der Waals surface area contributed by atoms with Crippen LogP contribution in [0.2, 0.25) is 0 Å². The first-order valence-corrected chi connectivity index (χ1v) is 36.4. The third-order valence-corrected chi connectivity index (χ3v) is 21.7. The maximum Gasteiger partial charge on any atom is 0.252 e. The zero-order valence-corrected chi connectivity index (χ0v) is 60.1. The molecule has 0 atom stereocenters. The first kappa shape index (κ1) is 63.3. The van der Waals surface area contributed by atoms with Gasteiger partial charge in [0, 0.05) is 85.0 Å². The van der Waals surface area contributed by atoms with E-state index in [2.05, 4.69) is 408 Å². The molecule has 103 heavy (non-hydrogen) atoms. The molecule has 5 nitrogen and oxygen atoms in total. The van der Waals surface area contributed by atoms with Gasteiger partial charge in [-0.05, 0) is 228 Å². The number of hydrogen-bond donors (Lipinski definition) is 0. The van der Waals surface area contributed by atoms with E-state index in [0.29, 0.717) is 6.54 Å². The van der Waals surface area contributed by atoms with Crippen molar-refractivity contribution >= 4 is 112 Å². The van der Waals surface area contributed by atoms with Crippen molar-refractivity contribution in [1.29, 1.82) is 0 Å². The number of rotatable bonds is 11. The quantitative estimate of drug-likeness (QED) is 0.120. The molecule has 2 aromatic heterocycles. The molecule has 0 amide bonds. The van der Waals surface area contributed by atoms with E-state index < -0.39 is 0 Å². The van der Waals surface area contributed by atoms with Gasteiger partial charge in [0.25, 0.3) is 6.71 Å². The maximum absolute atomic E-state index is 2.70. The van der Waals surface area contributed by atoms with Crippen LogP contribution < -0.4 is 31.1 Å². The summed E-state index contributed by atoms with van der Waals surface area (Å²) >= 11 is 0. The number of fused-ring (bicyclic) bond motifs is 10. The van der Waals surface area contributed by atoms with E-state index in [1.54, 1.807) is 0 Å². The van der Waals surface area contributed by atoms with Gasteiger partial charge in [-0.25, -0.2) is 0 Å². The van der Waals surface area contributed by atoms with Crippen molar-refractivity contribution in [2.45, 2.75) is 85.1 Å². The normalized spacial score (nSPS) is 12.9. The van der Waals surface area contributed by atoms with Crippen LogP contribution >= 0.6 is 0 Å². The van der Waals surface area contributed by atoms with Crippen LogP contribution in [0, 0.1) is 0 Å². The van der Waals surface area contributed by atoms with Gasteiger partial charge in [0.05, 0.1) is 22.1 Å². The maximum atomic E-state index is 2.70. The van der Waals surface area contributed by atoms with Crippen LogP contribution in [0.3, 0.4) is 0 Å². The van der Waals surface area contributed by atoms with Gasteiger partial charge < -0.3 is 23.8 Å². The SMILES string of the molecule is CC(C)(C)c1cc2c3c(c1)N(c1cccc(-c4ccccc4)c1)c1cc(-n4c5ccccc5c5cc(N(c6ccccc6)c6ccccc6)ccc54)ccc1B3c1ccc(-n3c4ccc(C(C)(C)C)cc4c4cc(C(C)(C)C)ccc43)cc1N2Cc1cc(-c2ccccc2)cc(-c2ccccc2)c1. The average molecular weight is 1330 g/mol. The molecule has 0 aliphatic carbocycles. The van der Waals surface area contributed by atoms with Crippen LogP contribution in [0.5, 0.6) is 0 Å². The molecule has 0 fully saturated rings. The molecule has 0 N–H and O–H groups in total. The minimum absolute atomic E-state index is 0.0360. The van der Waals surface area contributed by atoms with E-state index >= 15 is 0 Å². The Kier molecular flexibility index (Phi) is 15.0. The lowest BCUT2D eigenvalue weighted by Crippen LogP contribution is -2.62. The third-order valence-electron chi connectivity index (χ3n) is 21.7. The van der Waals surface area contributed by atoms with E-state index in [-0.39, 0.29) is 23.0 Å². The molecule has 4 heterocycles. The number of hydrogen-bond acceptors (Lipinski definition) is 3. The smallest absolute Gasteiger partial charge is 0.252 e. The van der Waals surface area contributed by atoms with Crippen molar-refractivity contribution < 1.29 is 0 Å². The highest BCUT2D eigenvalue weighted by Crippen LogP contribution is 2.49. The Morgan fingerprint density at radius 3 is 1.27 bits per heavy atom. The zero-order valence-electron chi connectivity index (χ0n) is 60.1. The summed E-state index contributed by atoms with van der Waals surface area (Å²) in [6.07, 6.45) is 0. The molecule has 2 aliphatic rings. The van der Waals surface area contributed by atoms with E-state index in [1.165, 1.54) is 122 Å². The van der Waals surface area contributed by atoms with Gasteiger partial charge >= 0.3 is 0 Å². The Labute approximate surface area is 605 Å². The first-order valence-electron chi connectivity index (χ1n) is 36.4. The van der Waals surface area contributed by atoms with Crippen molar-refractivity contribution in [3.63, 3.8) is 0 Å². The van der Waals surface area contributed by atoms with Crippen molar-refractivity contribution in [3.8, 4) is 44.8 Å². The topological polar surface area (TPSA) is 19.6 Å². The molecule has 0 radical (unpaired) electrons. The number of para-hydroxylation sites is 3. The molecule has 0 bridgehead atoms. The van der Waals surface area contributed by atoms with E-state index in [4.69, 9.17) is 0 Å². The van der Waals surface area contributed by atoms with Gasteiger partial charge in [-0.2, -0.15) is 0 Å². The molecule has 16 aromatic rings. The highest BCUT2D eigenvalue weighted by Gasteiger charge is 2.45. The Morgan fingerprint density at radius 2 is 0.728 bits per heavy atom. The van der Waals surface area contributed by atoms with Crippen molar-refractivity contribution in [2.24, 2.45) is 0 Å². The Balaban J connectivity index is 0.905.